The predicted octanol–water partition coefficient (Wildman–Crippen LogP) is 6.57. The fourth-order valence-electron chi connectivity index (χ4n) is 5.24. The van der Waals surface area contributed by atoms with E-state index < -0.39 is 28.5 Å². The van der Waals surface area contributed by atoms with E-state index in [4.69, 9.17) is 4.74 Å². The number of hydrogen-bond donors (Lipinski definition) is 1. The summed E-state index contributed by atoms with van der Waals surface area (Å²) in [5.74, 6) is 0.0294. The first kappa shape index (κ1) is 35.2. The first-order valence-corrected chi connectivity index (χ1v) is 17.4. The molecule has 2 amide bonds. The topological polar surface area (TPSA) is 96.0 Å². The smallest absolute Gasteiger partial charge is 0.264 e. The Balaban J connectivity index is 1.82. The van der Waals surface area contributed by atoms with Gasteiger partial charge in [0, 0.05) is 19.0 Å². The number of carbonyl (C=O) groups is 2. The number of benzene rings is 4. The first-order chi connectivity index (χ1) is 22.5. The molecule has 1 N–H and O–H groups in total. The summed E-state index contributed by atoms with van der Waals surface area (Å²) in [7, 11) is -2.60. The molecule has 2 unspecified atom stereocenters. The van der Waals surface area contributed by atoms with E-state index in [-0.39, 0.29) is 35.7 Å². The minimum Gasteiger partial charge on any atom is -0.497 e. The van der Waals surface area contributed by atoms with Gasteiger partial charge in [-0.1, -0.05) is 93.6 Å². The lowest BCUT2D eigenvalue weighted by Crippen LogP contribution is -2.54. The van der Waals surface area contributed by atoms with Crippen molar-refractivity contribution in [3.8, 4) is 5.75 Å². The molecule has 47 heavy (non-hydrogen) atoms. The van der Waals surface area contributed by atoms with Gasteiger partial charge in [-0.05, 0) is 72.4 Å². The molecule has 2 atom stereocenters. The average molecular weight is 656 g/mol. The molecule has 0 aliphatic rings. The second-order valence-electron chi connectivity index (χ2n) is 12.0. The average Bonchev–Trinajstić information content (AvgIpc) is 3.09. The third-order valence-electron chi connectivity index (χ3n) is 8.22. The molecule has 0 aliphatic carbocycles. The molecule has 0 aromatic heterocycles. The summed E-state index contributed by atoms with van der Waals surface area (Å²) in [5.41, 5.74) is 3.02. The summed E-state index contributed by atoms with van der Waals surface area (Å²) >= 11 is 0. The monoisotopic (exact) mass is 655 g/mol. The maximum Gasteiger partial charge on any atom is 0.264 e. The Hall–Kier alpha value is -4.63. The Kier molecular flexibility index (Phi) is 12.2. The summed E-state index contributed by atoms with van der Waals surface area (Å²) in [6.07, 6.45) is 0.955. The standard InChI is InChI=1S/C38H45N3O5S/c1-6-29(4)39-38(43)36(25-30-14-9-7-10-15-30)40(26-31-16-13-17-34(24-31)46-5)37(42)27-41(33-22-20-32(21-23-33)28(2)3)47(44,45)35-18-11-8-12-19-35/h7-24,28-29,36H,6,25-27H2,1-5H3,(H,39,43). The van der Waals surface area contributed by atoms with Gasteiger partial charge in [-0.15, -0.1) is 0 Å². The van der Waals surface area contributed by atoms with Crippen LogP contribution in [0.1, 0.15) is 56.7 Å². The van der Waals surface area contributed by atoms with Crippen LogP contribution in [0.4, 0.5) is 5.69 Å². The summed E-state index contributed by atoms with van der Waals surface area (Å²) in [6, 6.07) is 31.1. The molecule has 0 saturated carbocycles. The highest BCUT2D eigenvalue weighted by molar-refractivity contribution is 7.92. The number of sulfonamides is 1. The van der Waals surface area contributed by atoms with Crippen LogP contribution in [-0.4, -0.2) is 50.9 Å². The Morgan fingerprint density at radius 2 is 1.43 bits per heavy atom. The quantitative estimate of drug-likeness (QED) is 0.156. The molecule has 8 nitrogen and oxygen atoms in total. The fraction of sp³-hybridized carbons (Fsp3) is 0.316. The van der Waals surface area contributed by atoms with Crippen molar-refractivity contribution in [3.05, 3.63) is 126 Å². The number of nitrogens with zero attached hydrogens (tertiary/aromatic N) is 2. The Morgan fingerprint density at radius 3 is 2.02 bits per heavy atom. The van der Waals surface area contributed by atoms with Gasteiger partial charge in [0.2, 0.25) is 11.8 Å². The minimum atomic E-state index is -4.16. The van der Waals surface area contributed by atoms with Crippen LogP contribution in [-0.2, 0) is 32.6 Å². The van der Waals surface area contributed by atoms with Gasteiger partial charge < -0.3 is 15.0 Å². The van der Waals surface area contributed by atoms with E-state index in [1.807, 2.05) is 80.6 Å². The molecule has 9 heteroatoms. The van der Waals surface area contributed by atoms with Gasteiger partial charge >= 0.3 is 0 Å². The summed E-state index contributed by atoms with van der Waals surface area (Å²) in [6.45, 7) is 7.57. The molecule has 248 valence electrons. The molecule has 4 aromatic rings. The van der Waals surface area contributed by atoms with Crippen molar-refractivity contribution in [2.24, 2.45) is 0 Å². The predicted molar refractivity (Wildman–Crippen MR) is 187 cm³/mol. The lowest BCUT2D eigenvalue weighted by atomic mass is 10.0. The van der Waals surface area contributed by atoms with Crippen molar-refractivity contribution in [2.75, 3.05) is 18.0 Å². The molecule has 0 bridgehead atoms. The zero-order valence-electron chi connectivity index (χ0n) is 27.8. The van der Waals surface area contributed by atoms with Crippen LogP contribution in [0.2, 0.25) is 0 Å². The summed E-state index contributed by atoms with van der Waals surface area (Å²) in [4.78, 5) is 30.2. The van der Waals surface area contributed by atoms with Gasteiger partial charge in [-0.2, -0.15) is 0 Å². The van der Waals surface area contributed by atoms with E-state index in [0.717, 1.165) is 21.0 Å². The lowest BCUT2D eigenvalue weighted by molar-refractivity contribution is -0.140. The Bertz CT molecular complexity index is 1710. The minimum absolute atomic E-state index is 0.0625. The van der Waals surface area contributed by atoms with Crippen LogP contribution in [0.15, 0.2) is 114 Å². The molecule has 0 saturated heterocycles. The van der Waals surface area contributed by atoms with Crippen molar-refractivity contribution in [3.63, 3.8) is 0 Å². The van der Waals surface area contributed by atoms with Gasteiger partial charge in [0.25, 0.3) is 10.0 Å². The van der Waals surface area contributed by atoms with E-state index in [1.54, 1.807) is 37.4 Å². The molecule has 4 rings (SSSR count). The van der Waals surface area contributed by atoms with Gasteiger partial charge in [0.1, 0.15) is 18.3 Å². The fourth-order valence-corrected chi connectivity index (χ4v) is 6.67. The summed E-state index contributed by atoms with van der Waals surface area (Å²) < 4.78 is 35.0. The Labute approximate surface area is 279 Å². The molecule has 0 radical (unpaired) electrons. The lowest BCUT2D eigenvalue weighted by Gasteiger charge is -2.34. The number of rotatable bonds is 15. The van der Waals surface area contributed by atoms with Crippen molar-refractivity contribution >= 4 is 27.5 Å². The van der Waals surface area contributed by atoms with Crippen LogP contribution in [0.5, 0.6) is 5.75 Å². The number of ether oxygens (including phenoxy) is 1. The zero-order valence-corrected chi connectivity index (χ0v) is 28.6. The van der Waals surface area contributed by atoms with Crippen molar-refractivity contribution in [1.82, 2.24) is 10.2 Å². The third kappa shape index (κ3) is 9.23. The van der Waals surface area contributed by atoms with E-state index in [9.17, 15) is 18.0 Å². The van der Waals surface area contributed by atoms with Crippen molar-refractivity contribution in [1.29, 1.82) is 0 Å². The van der Waals surface area contributed by atoms with Crippen LogP contribution in [0.25, 0.3) is 0 Å². The van der Waals surface area contributed by atoms with Crippen LogP contribution >= 0.6 is 0 Å². The number of hydrogen-bond acceptors (Lipinski definition) is 5. The maximum absolute atomic E-state index is 14.6. The molecule has 0 fully saturated rings. The number of methoxy groups -OCH3 is 1. The highest BCUT2D eigenvalue weighted by Gasteiger charge is 2.35. The van der Waals surface area contributed by atoms with Gasteiger partial charge in [-0.3, -0.25) is 13.9 Å². The molecular formula is C38H45N3O5S. The number of anilines is 1. The maximum atomic E-state index is 14.6. The van der Waals surface area contributed by atoms with Crippen LogP contribution < -0.4 is 14.4 Å². The van der Waals surface area contributed by atoms with E-state index in [1.165, 1.54) is 17.0 Å². The van der Waals surface area contributed by atoms with Crippen molar-refractivity contribution < 1.29 is 22.7 Å². The normalized spacial score (nSPS) is 12.6. The van der Waals surface area contributed by atoms with E-state index in [2.05, 4.69) is 19.2 Å². The highest BCUT2D eigenvalue weighted by atomic mass is 32.2. The molecule has 4 aromatic carbocycles. The second-order valence-corrected chi connectivity index (χ2v) is 13.8. The van der Waals surface area contributed by atoms with E-state index >= 15 is 0 Å². The van der Waals surface area contributed by atoms with Gasteiger partial charge in [0.05, 0.1) is 17.7 Å². The van der Waals surface area contributed by atoms with Crippen molar-refractivity contribution in [2.45, 2.75) is 70.0 Å². The van der Waals surface area contributed by atoms with Crippen LogP contribution in [0, 0.1) is 0 Å². The second kappa shape index (κ2) is 16.3. The zero-order chi connectivity index (χ0) is 34.0. The number of nitrogens with one attached hydrogen (secondary N) is 1. The SMILES string of the molecule is CCC(C)NC(=O)C(Cc1ccccc1)N(Cc1cccc(OC)c1)C(=O)CN(c1ccc(C(C)C)cc1)S(=O)(=O)c1ccccc1. The molecule has 0 spiro atoms. The molecule has 0 heterocycles. The first-order valence-electron chi connectivity index (χ1n) is 16.0. The van der Waals surface area contributed by atoms with Gasteiger partial charge in [-0.25, -0.2) is 8.42 Å². The van der Waals surface area contributed by atoms with Gasteiger partial charge in [0.15, 0.2) is 0 Å². The summed E-state index contributed by atoms with van der Waals surface area (Å²) in [5, 5.41) is 3.06. The highest BCUT2D eigenvalue weighted by Crippen LogP contribution is 2.27. The molecular weight excluding hydrogens is 611 g/mol. The van der Waals surface area contributed by atoms with E-state index in [0.29, 0.717) is 17.9 Å². The molecule has 0 aliphatic heterocycles. The Morgan fingerprint density at radius 1 is 0.809 bits per heavy atom. The number of carbonyl (C=O) groups excluding carboxylic acids is 2. The largest absolute Gasteiger partial charge is 0.497 e. The number of amides is 2. The third-order valence-corrected chi connectivity index (χ3v) is 10.0. The van der Waals surface area contributed by atoms with Crippen LogP contribution in [0.3, 0.4) is 0 Å².